The molecule has 1 saturated heterocycles. The summed E-state index contributed by atoms with van der Waals surface area (Å²) in [4.78, 5) is 33.7. The number of carbonyl (C=O) groups is 2. The lowest BCUT2D eigenvalue weighted by Crippen LogP contribution is -2.62. The summed E-state index contributed by atoms with van der Waals surface area (Å²) in [6, 6.07) is 17.5. The Kier molecular flexibility index (Phi) is 6.00. The molecule has 2 heterocycles. The fraction of sp³-hybridized carbons (Fsp3) is 0.320. The summed E-state index contributed by atoms with van der Waals surface area (Å²) in [5, 5.41) is 4.02. The van der Waals surface area contributed by atoms with Crippen molar-refractivity contribution in [2.75, 3.05) is 20.1 Å². The van der Waals surface area contributed by atoms with Gasteiger partial charge in [-0.2, -0.15) is 0 Å². The van der Waals surface area contributed by atoms with E-state index in [4.69, 9.17) is 0 Å². The lowest BCUT2D eigenvalue weighted by molar-refractivity contribution is -0.142. The monoisotopic (exact) mass is 416 g/mol. The second kappa shape index (κ2) is 8.86. The molecule has 1 aliphatic rings. The molecule has 6 heteroatoms. The summed E-state index contributed by atoms with van der Waals surface area (Å²) in [5.74, 6) is -0.00859. The van der Waals surface area contributed by atoms with Crippen LogP contribution in [0.25, 0.3) is 10.9 Å². The summed E-state index contributed by atoms with van der Waals surface area (Å²) >= 11 is 0. The number of benzene rings is 2. The number of aromatic nitrogens is 1. The predicted octanol–water partition coefficient (Wildman–Crippen LogP) is 3.00. The van der Waals surface area contributed by atoms with Crippen molar-refractivity contribution in [2.24, 2.45) is 0 Å². The van der Waals surface area contributed by atoms with Gasteiger partial charge in [-0.25, -0.2) is 0 Å². The van der Waals surface area contributed by atoms with Crippen LogP contribution in [0.1, 0.15) is 28.4 Å². The van der Waals surface area contributed by atoms with Crippen molar-refractivity contribution in [2.45, 2.75) is 32.5 Å². The van der Waals surface area contributed by atoms with E-state index in [9.17, 15) is 9.59 Å². The van der Waals surface area contributed by atoms with E-state index >= 15 is 0 Å². The van der Waals surface area contributed by atoms with Gasteiger partial charge in [0.15, 0.2) is 0 Å². The highest BCUT2D eigenvalue weighted by atomic mass is 16.2. The largest absolute Gasteiger partial charge is 0.350 e. The zero-order valence-electron chi connectivity index (χ0n) is 18.2. The lowest BCUT2D eigenvalue weighted by atomic mass is 10.0. The molecule has 6 nitrogen and oxygen atoms in total. The third-order valence-corrected chi connectivity index (χ3v) is 6.00. The van der Waals surface area contributed by atoms with Crippen molar-refractivity contribution < 1.29 is 9.59 Å². The number of pyridine rings is 1. The first-order valence-corrected chi connectivity index (χ1v) is 10.6. The fourth-order valence-electron chi connectivity index (χ4n) is 4.29. The fourth-order valence-corrected chi connectivity index (χ4v) is 4.29. The van der Waals surface area contributed by atoms with Crippen molar-refractivity contribution in [3.8, 4) is 0 Å². The Morgan fingerprint density at radius 2 is 2.00 bits per heavy atom. The van der Waals surface area contributed by atoms with Crippen LogP contribution in [0, 0.1) is 6.92 Å². The molecule has 0 unspecified atom stereocenters. The molecule has 2 amide bonds. The number of piperazine rings is 1. The Morgan fingerprint density at radius 1 is 1.16 bits per heavy atom. The average molecular weight is 417 g/mol. The van der Waals surface area contributed by atoms with Gasteiger partial charge in [0, 0.05) is 49.9 Å². The van der Waals surface area contributed by atoms with Crippen molar-refractivity contribution in [3.05, 3.63) is 77.5 Å². The van der Waals surface area contributed by atoms with Gasteiger partial charge in [0.1, 0.15) is 0 Å². The zero-order chi connectivity index (χ0) is 22.0. The van der Waals surface area contributed by atoms with Crippen molar-refractivity contribution in [1.82, 2.24) is 20.1 Å². The van der Waals surface area contributed by atoms with Crippen molar-refractivity contribution in [3.63, 3.8) is 0 Å². The number of amides is 2. The van der Waals surface area contributed by atoms with Crippen molar-refractivity contribution >= 4 is 22.7 Å². The molecule has 4 rings (SSSR count). The molecule has 0 radical (unpaired) electrons. The van der Waals surface area contributed by atoms with Gasteiger partial charge in [0.2, 0.25) is 5.91 Å². The minimum absolute atomic E-state index is 0.0317. The standard InChI is InChI=1S/C25H28N4O2/c1-17-6-4-7-19(12-17)15-29-18(2)25(31)28(3)16-22(29)14-27-24(30)21-9-10-23-20(13-21)8-5-11-26-23/h4-13,18,22H,14-16H2,1-3H3,(H,27,30)/t18-,22+/m0/s1. The highest BCUT2D eigenvalue weighted by Gasteiger charge is 2.36. The quantitative estimate of drug-likeness (QED) is 0.694. The Morgan fingerprint density at radius 3 is 2.81 bits per heavy atom. The predicted molar refractivity (Wildman–Crippen MR) is 122 cm³/mol. The smallest absolute Gasteiger partial charge is 0.251 e. The van der Waals surface area contributed by atoms with E-state index in [0.717, 1.165) is 10.9 Å². The molecule has 0 saturated carbocycles. The van der Waals surface area contributed by atoms with Crippen LogP contribution in [0.3, 0.4) is 0 Å². The third-order valence-electron chi connectivity index (χ3n) is 6.00. The molecule has 2 atom stereocenters. The highest BCUT2D eigenvalue weighted by Crippen LogP contribution is 2.20. The second-order valence-electron chi connectivity index (χ2n) is 8.33. The molecule has 1 fully saturated rings. The molecular weight excluding hydrogens is 388 g/mol. The molecule has 160 valence electrons. The van der Waals surface area contributed by atoms with E-state index < -0.39 is 0 Å². The first-order valence-electron chi connectivity index (χ1n) is 10.6. The van der Waals surface area contributed by atoms with Gasteiger partial charge in [0.05, 0.1) is 11.6 Å². The summed E-state index contributed by atoms with van der Waals surface area (Å²) in [6.07, 6.45) is 1.74. The normalized spacial score (nSPS) is 19.6. The molecule has 1 N–H and O–H groups in total. The lowest BCUT2D eigenvalue weighted by Gasteiger charge is -2.44. The maximum atomic E-state index is 12.8. The van der Waals surface area contributed by atoms with E-state index in [2.05, 4.69) is 40.3 Å². The van der Waals surface area contributed by atoms with Crippen LogP contribution in [-0.2, 0) is 11.3 Å². The van der Waals surface area contributed by atoms with Gasteiger partial charge in [-0.1, -0.05) is 35.9 Å². The number of fused-ring (bicyclic) bond motifs is 1. The van der Waals surface area contributed by atoms with E-state index in [1.165, 1.54) is 11.1 Å². The number of aryl methyl sites for hydroxylation is 1. The molecule has 1 aliphatic heterocycles. The summed E-state index contributed by atoms with van der Waals surface area (Å²) in [7, 11) is 1.83. The topological polar surface area (TPSA) is 65.5 Å². The maximum absolute atomic E-state index is 12.8. The molecule has 0 aliphatic carbocycles. The van der Waals surface area contributed by atoms with Gasteiger partial charge in [-0.15, -0.1) is 0 Å². The molecule has 31 heavy (non-hydrogen) atoms. The minimum atomic E-state index is -0.243. The van der Waals surface area contributed by atoms with Gasteiger partial charge < -0.3 is 10.2 Å². The van der Waals surface area contributed by atoms with Crippen LogP contribution >= 0.6 is 0 Å². The average Bonchev–Trinajstić information content (AvgIpc) is 2.78. The summed E-state index contributed by atoms with van der Waals surface area (Å²) < 4.78 is 0. The number of carbonyl (C=O) groups excluding carboxylic acids is 2. The molecule has 1 aromatic heterocycles. The number of hydrogen-bond donors (Lipinski definition) is 1. The zero-order valence-corrected chi connectivity index (χ0v) is 18.2. The van der Waals surface area contributed by atoms with Crippen LogP contribution in [0.5, 0.6) is 0 Å². The maximum Gasteiger partial charge on any atom is 0.251 e. The Bertz CT molecular complexity index is 1110. The number of nitrogens with zero attached hydrogens (tertiary/aromatic N) is 3. The second-order valence-corrected chi connectivity index (χ2v) is 8.33. The SMILES string of the molecule is Cc1cccc(CN2[C@H](CNC(=O)c3ccc4ncccc4c3)CN(C)C(=O)[C@@H]2C)c1. The first kappa shape index (κ1) is 21.0. The molecule has 0 spiro atoms. The van der Waals surface area contributed by atoms with Crippen LogP contribution in [0.4, 0.5) is 0 Å². The number of rotatable bonds is 5. The van der Waals surface area contributed by atoms with Crippen LogP contribution in [-0.4, -0.2) is 58.8 Å². The Balaban J connectivity index is 1.49. The number of likely N-dealkylation sites (N-methyl/N-ethyl adjacent to an activating group) is 1. The highest BCUT2D eigenvalue weighted by molar-refractivity contribution is 5.97. The number of hydrogen-bond acceptors (Lipinski definition) is 4. The Hall–Kier alpha value is -3.25. The van der Waals surface area contributed by atoms with Crippen molar-refractivity contribution in [1.29, 1.82) is 0 Å². The van der Waals surface area contributed by atoms with Gasteiger partial charge in [0.25, 0.3) is 5.91 Å². The van der Waals surface area contributed by atoms with E-state index in [-0.39, 0.29) is 23.9 Å². The van der Waals surface area contributed by atoms with E-state index in [1.54, 1.807) is 17.2 Å². The van der Waals surface area contributed by atoms with E-state index in [1.807, 2.05) is 44.3 Å². The Labute approximate surface area is 182 Å². The van der Waals surface area contributed by atoms with Crippen LogP contribution < -0.4 is 5.32 Å². The molecule has 3 aromatic rings. The van der Waals surface area contributed by atoms with Crippen LogP contribution in [0.15, 0.2) is 60.8 Å². The summed E-state index contributed by atoms with van der Waals surface area (Å²) in [5.41, 5.74) is 3.84. The van der Waals surface area contributed by atoms with Crippen LogP contribution in [0.2, 0.25) is 0 Å². The molecule has 2 aromatic carbocycles. The molecular formula is C25H28N4O2. The van der Waals surface area contributed by atoms with Gasteiger partial charge in [-0.3, -0.25) is 19.5 Å². The minimum Gasteiger partial charge on any atom is -0.350 e. The third kappa shape index (κ3) is 4.59. The van der Waals surface area contributed by atoms with E-state index in [0.29, 0.717) is 25.2 Å². The first-order chi connectivity index (χ1) is 14.9. The van der Waals surface area contributed by atoms with Gasteiger partial charge in [-0.05, 0) is 43.7 Å². The molecule has 0 bridgehead atoms. The van der Waals surface area contributed by atoms with Gasteiger partial charge >= 0.3 is 0 Å². The summed E-state index contributed by atoms with van der Waals surface area (Å²) in [6.45, 7) is 5.73. The number of nitrogens with one attached hydrogen (secondary N) is 1.